The molecule has 24 heavy (non-hydrogen) atoms. The van der Waals surface area contributed by atoms with Crippen LogP contribution in [-0.2, 0) is 25.6 Å². The first kappa shape index (κ1) is 17.6. The number of nitrogen functional groups attached to an aromatic ring is 1. The van der Waals surface area contributed by atoms with Gasteiger partial charge in [0.15, 0.2) is 17.7 Å². The molecule has 0 saturated carbocycles. The number of rotatable bonds is 5. The van der Waals surface area contributed by atoms with Crippen LogP contribution in [0.25, 0.3) is 11.2 Å². The summed E-state index contributed by atoms with van der Waals surface area (Å²) in [6.45, 7) is -3.64. The van der Waals surface area contributed by atoms with Gasteiger partial charge in [-0.2, -0.15) is 0 Å². The molecule has 132 valence electrons. The van der Waals surface area contributed by atoms with Crippen LogP contribution >= 0.6 is 6.72 Å². The van der Waals surface area contributed by atoms with Gasteiger partial charge in [-0.1, -0.05) is 0 Å². The van der Waals surface area contributed by atoms with E-state index in [1.807, 2.05) is 0 Å². The molecule has 5 atom stereocenters. The van der Waals surface area contributed by atoms with Crippen LogP contribution in [0.1, 0.15) is 6.23 Å². The summed E-state index contributed by atoms with van der Waals surface area (Å²) < 4.78 is 16.7. The lowest BCUT2D eigenvalue weighted by atomic mass is 10.1. The minimum Gasteiger partial charge on any atom is -0.387 e. The molecule has 1 saturated heterocycles. The molecule has 0 bridgehead atoms. The number of fused-ring (bicyclic) bond motifs is 1. The lowest BCUT2D eigenvalue weighted by Crippen LogP contribution is -2.33. The summed E-state index contributed by atoms with van der Waals surface area (Å²) in [4.78, 5) is 21.6. The van der Waals surface area contributed by atoms with E-state index in [4.69, 9.17) is 26.8 Å². The van der Waals surface area contributed by atoms with Gasteiger partial charge in [-0.05, 0) is 11.8 Å². The van der Waals surface area contributed by atoms with Gasteiger partial charge in [-0.15, -0.1) is 0 Å². The maximum absolute atomic E-state index is 10.3. The van der Waals surface area contributed by atoms with E-state index in [1.165, 1.54) is 24.3 Å². The second-order valence-corrected chi connectivity index (χ2v) is 8.02. The van der Waals surface area contributed by atoms with Gasteiger partial charge in [0, 0.05) is 7.11 Å². The van der Waals surface area contributed by atoms with Crippen molar-refractivity contribution in [1.82, 2.24) is 19.5 Å². The average molecular weight is 377 g/mol. The van der Waals surface area contributed by atoms with Gasteiger partial charge in [0.2, 0.25) is 0 Å². The Balaban J connectivity index is 1.82. The molecule has 2 aromatic rings. The quantitative estimate of drug-likeness (QED) is 0.469. The minimum atomic E-state index is -3.39. The lowest BCUT2D eigenvalue weighted by Gasteiger charge is -2.18. The summed E-state index contributed by atoms with van der Waals surface area (Å²) >= 11 is 4.71. The lowest BCUT2D eigenvalue weighted by molar-refractivity contribution is -0.0490. The Bertz CT molecular complexity index is 789. The van der Waals surface area contributed by atoms with Crippen LogP contribution in [0.3, 0.4) is 0 Å². The highest BCUT2D eigenvalue weighted by molar-refractivity contribution is 8.07. The molecule has 3 rings (SSSR count). The predicted molar refractivity (Wildman–Crippen MR) is 85.1 cm³/mol. The fraction of sp³-hybridized carbons (Fsp3) is 0.545. The van der Waals surface area contributed by atoms with Crippen molar-refractivity contribution in [3.63, 3.8) is 0 Å². The molecule has 0 radical (unpaired) electrons. The van der Waals surface area contributed by atoms with Gasteiger partial charge in [-0.25, -0.2) is 15.0 Å². The SMILES string of the molecule is COP(O)(=S)OC[C@H]1O[C@H](n2cnc3c(N)ncnc32)[C@H](O)[C@@H]1O. The predicted octanol–water partition coefficient (Wildman–Crippen LogP) is -1.09. The first-order chi connectivity index (χ1) is 11.3. The minimum absolute atomic E-state index is 0.188. The van der Waals surface area contributed by atoms with Crippen LogP contribution in [0, 0.1) is 0 Å². The Morgan fingerprint density at radius 3 is 2.83 bits per heavy atom. The normalized spacial score (nSPS) is 29.8. The number of anilines is 1. The van der Waals surface area contributed by atoms with Crippen molar-refractivity contribution in [1.29, 1.82) is 0 Å². The van der Waals surface area contributed by atoms with Crippen LogP contribution in [0.5, 0.6) is 0 Å². The van der Waals surface area contributed by atoms with Crippen LogP contribution in [0.4, 0.5) is 5.82 Å². The molecular formula is C11H16N5O6PS. The highest BCUT2D eigenvalue weighted by Gasteiger charge is 2.45. The average Bonchev–Trinajstić information content (AvgIpc) is 3.10. The molecule has 13 heteroatoms. The van der Waals surface area contributed by atoms with E-state index < -0.39 is 31.3 Å². The largest absolute Gasteiger partial charge is 0.387 e. The number of aliphatic hydroxyl groups is 2. The van der Waals surface area contributed by atoms with Crippen molar-refractivity contribution in [2.24, 2.45) is 0 Å². The third-order valence-corrected chi connectivity index (χ3v) is 5.33. The van der Waals surface area contributed by atoms with Gasteiger partial charge in [0.1, 0.15) is 30.2 Å². The molecule has 1 fully saturated rings. The summed E-state index contributed by atoms with van der Waals surface area (Å²) in [5.41, 5.74) is 6.42. The fourth-order valence-electron chi connectivity index (χ4n) is 2.37. The number of aromatic nitrogens is 4. The standard InChI is InChI=1S/C11H16N5O6PS/c1-20-23(19,24)21-2-5-7(17)8(18)11(22-5)16-4-15-6-9(12)13-3-14-10(6)16/h3-5,7-8,11,17-18H,2H2,1H3,(H,19,24)(H2,12,13,14)/t5-,7-,8-,11+,23?/m1/s1. The van der Waals surface area contributed by atoms with Crippen LogP contribution in [0.2, 0.25) is 0 Å². The molecular weight excluding hydrogens is 361 g/mol. The molecule has 1 unspecified atom stereocenters. The fourth-order valence-corrected chi connectivity index (χ4v) is 3.00. The van der Waals surface area contributed by atoms with E-state index in [-0.39, 0.29) is 12.4 Å². The van der Waals surface area contributed by atoms with E-state index in [9.17, 15) is 15.1 Å². The summed E-state index contributed by atoms with van der Waals surface area (Å²) in [5, 5.41) is 20.4. The zero-order valence-electron chi connectivity index (χ0n) is 12.5. The van der Waals surface area contributed by atoms with Gasteiger partial charge < -0.3 is 34.6 Å². The molecule has 1 aliphatic heterocycles. The summed E-state index contributed by atoms with van der Waals surface area (Å²) in [6, 6.07) is 0. The molecule has 0 aliphatic carbocycles. The Hall–Kier alpha value is -1.24. The second kappa shape index (κ2) is 6.58. The monoisotopic (exact) mass is 377 g/mol. The Kier molecular flexibility index (Phi) is 4.82. The maximum Gasteiger partial charge on any atom is 0.324 e. The van der Waals surface area contributed by atoms with Gasteiger partial charge in [-0.3, -0.25) is 4.57 Å². The maximum atomic E-state index is 10.3. The Labute approximate surface area is 141 Å². The molecule has 11 nitrogen and oxygen atoms in total. The number of hydrogen-bond acceptors (Lipinski definition) is 10. The number of nitrogens with zero attached hydrogens (tertiary/aromatic N) is 4. The molecule has 5 N–H and O–H groups in total. The third-order valence-electron chi connectivity index (χ3n) is 3.63. The van der Waals surface area contributed by atoms with Crippen LogP contribution in [-0.4, -0.2) is 66.7 Å². The van der Waals surface area contributed by atoms with E-state index in [2.05, 4.69) is 19.5 Å². The van der Waals surface area contributed by atoms with Crippen molar-refractivity contribution in [2.75, 3.05) is 19.5 Å². The Morgan fingerprint density at radius 2 is 2.12 bits per heavy atom. The molecule has 0 aromatic carbocycles. The first-order valence-electron chi connectivity index (χ1n) is 6.81. The number of hydrogen-bond donors (Lipinski definition) is 4. The van der Waals surface area contributed by atoms with Crippen molar-refractivity contribution in [3.05, 3.63) is 12.7 Å². The second-order valence-electron chi connectivity index (χ2n) is 5.08. The third kappa shape index (κ3) is 3.15. The van der Waals surface area contributed by atoms with E-state index in [0.29, 0.717) is 11.2 Å². The summed E-state index contributed by atoms with van der Waals surface area (Å²) in [5.74, 6) is 0.188. The number of ether oxygens (including phenoxy) is 1. The van der Waals surface area contributed by atoms with Gasteiger partial charge in [0.25, 0.3) is 0 Å². The highest BCUT2D eigenvalue weighted by atomic mass is 32.5. The van der Waals surface area contributed by atoms with Crippen LogP contribution in [0.15, 0.2) is 12.7 Å². The zero-order valence-corrected chi connectivity index (χ0v) is 14.2. The van der Waals surface area contributed by atoms with E-state index in [1.54, 1.807) is 0 Å². The number of imidazole rings is 1. The van der Waals surface area contributed by atoms with Crippen molar-refractivity contribution < 1.29 is 28.9 Å². The molecule has 1 aliphatic rings. The molecule has 3 heterocycles. The smallest absolute Gasteiger partial charge is 0.324 e. The highest BCUT2D eigenvalue weighted by Crippen LogP contribution is 2.43. The van der Waals surface area contributed by atoms with Gasteiger partial charge in [0.05, 0.1) is 12.9 Å². The van der Waals surface area contributed by atoms with Crippen molar-refractivity contribution >= 4 is 35.5 Å². The summed E-state index contributed by atoms with van der Waals surface area (Å²) in [6.07, 6.45) is -1.79. The van der Waals surface area contributed by atoms with Crippen LogP contribution < -0.4 is 5.73 Å². The summed E-state index contributed by atoms with van der Waals surface area (Å²) in [7, 11) is 1.21. The number of aliphatic hydroxyl groups excluding tert-OH is 2. The zero-order chi connectivity index (χ0) is 17.5. The molecule has 0 spiro atoms. The van der Waals surface area contributed by atoms with E-state index >= 15 is 0 Å². The van der Waals surface area contributed by atoms with E-state index in [0.717, 1.165) is 0 Å². The van der Waals surface area contributed by atoms with Gasteiger partial charge >= 0.3 is 6.72 Å². The molecule has 2 aromatic heterocycles. The first-order valence-corrected chi connectivity index (χ1v) is 9.41. The van der Waals surface area contributed by atoms with Crippen molar-refractivity contribution in [3.8, 4) is 0 Å². The molecule has 0 amide bonds. The Morgan fingerprint density at radius 1 is 1.38 bits per heavy atom. The number of nitrogens with two attached hydrogens (primary N) is 1. The van der Waals surface area contributed by atoms with Crippen molar-refractivity contribution in [2.45, 2.75) is 24.5 Å². The topological polar surface area (TPSA) is 158 Å².